The SMILES string of the molecule is NCCN(CCNC(=O)C(F)(F)F)C(=O)OCc1ccccc1. The third-order valence-electron chi connectivity index (χ3n) is 2.79. The van der Waals surface area contributed by atoms with Crippen LogP contribution in [0, 0.1) is 0 Å². The molecular weight excluding hydrogens is 315 g/mol. The molecular formula is C14H18F3N3O3. The summed E-state index contributed by atoms with van der Waals surface area (Å²) in [7, 11) is 0. The molecule has 23 heavy (non-hydrogen) atoms. The van der Waals surface area contributed by atoms with E-state index in [2.05, 4.69) is 0 Å². The van der Waals surface area contributed by atoms with Gasteiger partial charge in [0.1, 0.15) is 6.61 Å². The van der Waals surface area contributed by atoms with Gasteiger partial charge in [-0.1, -0.05) is 30.3 Å². The Balaban J connectivity index is 2.43. The second-order valence-electron chi connectivity index (χ2n) is 4.57. The van der Waals surface area contributed by atoms with Gasteiger partial charge in [0.15, 0.2) is 0 Å². The van der Waals surface area contributed by atoms with Crippen molar-refractivity contribution in [1.82, 2.24) is 10.2 Å². The summed E-state index contributed by atoms with van der Waals surface area (Å²) >= 11 is 0. The highest BCUT2D eigenvalue weighted by molar-refractivity contribution is 5.81. The topological polar surface area (TPSA) is 84.7 Å². The van der Waals surface area contributed by atoms with Crippen LogP contribution < -0.4 is 11.1 Å². The van der Waals surface area contributed by atoms with E-state index in [0.29, 0.717) is 0 Å². The highest BCUT2D eigenvalue weighted by Crippen LogP contribution is 2.13. The number of carbonyl (C=O) groups excluding carboxylic acids is 2. The number of alkyl halides is 3. The Hall–Kier alpha value is -2.29. The molecule has 0 fully saturated rings. The number of hydrogen-bond donors (Lipinski definition) is 2. The predicted octanol–water partition coefficient (Wildman–Crippen LogP) is 1.26. The standard InChI is InChI=1S/C14H18F3N3O3/c15-14(16,17)12(21)19-7-9-20(8-6-18)13(22)23-10-11-4-2-1-3-5-11/h1-5H,6-10,18H2,(H,19,21). The van der Waals surface area contributed by atoms with Crippen LogP contribution in [0.5, 0.6) is 0 Å². The van der Waals surface area contributed by atoms with E-state index in [1.54, 1.807) is 29.6 Å². The van der Waals surface area contributed by atoms with Gasteiger partial charge in [0, 0.05) is 26.2 Å². The Morgan fingerprint density at radius 1 is 1.17 bits per heavy atom. The number of hydrogen-bond acceptors (Lipinski definition) is 4. The zero-order valence-electron chi connectivity index (χ0n) is 12.3. The summed E-state index contributed by atoms with van der Waals surface area (Å²) in [5.41, 5.74) is 6.14. The Morgan fingerprint density at radius 3 is 2.39 bits per heavy atom. The smallest absolute Gasteiger partial charge is 0.445 e. The molecule has 0 spiro atoms. The molecule has 0 aliphatic rings. The maximum absolute atomic E-state index is 12.1. The first kappa shape index (κ1) is 18.8. The van der Waals surface area contributed by atoms with Crippen LogP contribution in [-0.4, -0.2) is 49.3 Å². The van der Waals surface area contributed by atoms with Gasteiger partial charge in [0.2, 0.25) is 0 Å². The number of nitrogens with one attached hydrogen (secondary N) is 1. The van der Waals surface area contributed by atoms with Crippen LogP contribution in [0.2, 0.25) is 0 Å². The molecule has 0 saturated heterocycles. The van der Waals surface area contributed by atoms with Gasteiger partial charge in [-0.3, -0.25) is 4.79 Å². The fraction of sp³-hybridized carbons (Fsp3) is 0.429. The van der Waals surface area contributed by atoms with Gasteiger partial charge in [0.05, 0.1) is 0 Å². The number of carbonyl (C=O) groups is 2. The maximum Gasteiger partial charge on any atom is 0.471 e. The lowest BCUT2D eigenvalue weighted by Crippen LogP contribution is -2.44. The van der Waals surface area contributed by atoms with Gasteiger partial charge in [-0.05, 0) is 5.56 Å². The van der Waals surface area contributed by atoms with Crippen LogP contribution >= 0.6 is 0 Å². The quantitative estimate of drug-likeness (QED) is 0.787. The Morgan fingerprint density at radius 2 is 1.83 bits per heavy atom. The lowest BCUT2D eigenvalue weighted by Gasteiger charge is -2.21. The van der Waals surface area contributed by atoms with Gasteiger partial charge in [-0.2, -0.15) is 13.2 Å². The van der Waals surface area contributed by atoms with E-state index in [1.165, 1.54) is 0 Å². The summed E-state index contributed by atoms with van der Waals surface area (Å²) in [6, 6.07) is 8.92. The normalized spacial score (nSPS) is 11.0. The molecule has 2 amide bonds. The number of halogens is 3. The van der Waals surface area contributed by atoms with Crippen LogP contribution in [0.25, 0.3) is 0 Å². The molecule has 1 rings (SSSR count). The third kappa shape index (κ3) is 7.00. The van der Waals surface area contributed by atoms with Crippen molar-refractivity contribution < 1.29 is 27.5 Å². The molecule has 1 aromatic carbocycles. The summed E-state index contributed by atoms with van der Waals surface area (Å²) in [4.78, 5) is 23.7. The Kier molecular flexibility index (Phi) is 7.33. The first-order chi connectivity index (χ1) is 10.8. The average molecular weight is 333 g/mol. The Labute approximate surface area is 131 Å². The summed E-state index contributed by atoms with van der Waals surface area (Å²) < 4.78 is 41.2. The van der Waals surface area contributed by atoms with E-state index in [1.807, 2.05) is 6.07 Å². The highest BCUT2D eigenvalue weighted by Gasteiger charge is 2.38. The number of ether oxygens (including phenoxy) is 1. The monoisotopic (exact) mass is 333 g/mol. The fourth-order valence-corrected chi connectivity index (χ4v) is 1.67. The molecule has 9 heteroatoms. The first-order valence-corrected chi connectivity index (χ1v) is 6.85. The highest BCUT2D eigenvalue weighted by atomic mass is 19.4. The van der Waals surface area contributed by atoms with Crippen molar-refractivity contribution >= 4 is 12.0 Å². The van der Waals surface area contributed by atoms with Gasteiger partial charge in [-0.15, -0.1) is 0 Å². The van der Waals surface area contributed by atoms with Crippen molar-refractivity contribution in [3.05, 3.63) is 35.9 Å². The van der Waals surface area contributed by atoms with E-state index >= 15 is 0 Å². The number of amides is 2. The predicted molar refractivity (Wildman–Crippen MR) is 76.3 cm³/mol. The van der Waals surface area contributed by atoms with E-state index < -0.39 is 18.2 Å². The maximum atomic E-state index is 12.1. The number of nitrogens with zero attached hydrogens (tertiary/aromatic N) is 1. The van der Waals surface area contributed by atoms with Crippen molar-refractivity contribution in [2.24, 2.45) is 5.73 Å². The average Bonchev–Trinajstić information content (AvgIpc) is 2.51. The van der Waals surface area contributed by atoms with Crippen molar-refractivity contribution in [3.63, 3.8) is 0 Å². The molecule has 0 atom stereocenters. The number of nitrogens with two attached hydrogens (primary N) is 1. The zero-order chi connectivity index (χ0) is 17.3. The van der Waals surface area contributed by atoms with Gasteiger partial charge in [0.25, 0.3) is 0 Å². The van der Waals surface area contributed by atoms with Crippen molar-refractivity contribution in [3.8, 4) is 0 Å². The molecule has 0 aliphatic heterocycles. The summed E-state index contributed by atoms with van der Waals surface area (Å²) in [6.45, 7) is -0.218. The molecule has 0 unspecified atom stereocenters. The molecule has 0 bridgehead atoms. The summed E-state index contributed by atoms with van der Waals surface area (Å²) in [5.74, 6) is -2.05. The van der Waals surface area contributed by atoms with Crippen LogP contribution in [0.15, 0.2) is 30.3 Å². The minimum atomic E-state index is -4.95. The molecule has 0 saturated carbocycles. The van der Waals surface area contributed by atoms with Gasteiger partial charge in [-0.25, -0.2) is 4.79 Å². The molecule has 0 heterocycles. The second kappa shape index (κ2) is 8.99. The van der Waals surface area contributed by atoms with E-state index in [9.17, 15) is 22.8 Å². The van der Waals surface area contributed by atoms with Crippen LogP contribution in [0.3, 0.4) is 0 Å². The fourth-order valence-electron chi connectivity index (χ4n) is 1.67. The van der Waals surface area contributed by atoms with Gasteiger partial charge < -0.3 is 20.7 Å². The number of benzene rings is 1. The van der Waals surface area contributed by atoms with Gasteiger partial charge >= 0.3 is 18.2 Å². The lowest BCUT2D eigenvalue weighted by molar-refractivity contribution is -0.173. The first-order valence-electron chi connectivity index (χ1n) is 6.85. The van der Waals surface area contributed by atoms with Crippen molar-refractivity contribution in [1.29, 1.82) is 0 Å². The third-order valence-corrected chi connectivity index (χ3v) is 2.79. The largest absolute Gasteiger partial charge is 0.471 e. The van der Waals surface area contributed by atoms with E-state index in [0.717, 1.165) is 10.5 Å². The zero-order valence-corrected chi connectivity index (χ0v) is 12.3. The number of rotatable bonds is 7. The molecule has 0 aromatic heterocycles. The van der Waals surface area contributed by atoms with E-state index in [4.69, 9.17) is 10.5 Å². The van der Waals surface area contributed by atoms with Crippen LogP contribution in [0.4, 0.5) is 18.0 Å². The Bertz CT molecular complexity index is 509. The minimum Gasteiger partial charge on any atom is -0.445 e. The molecule has 3 N–H and O–H groups in total. The molecule has 128 valence electrons. The van der Waals surface area contributed by atoms with Crippen LogP contribution in [0.1, 0.15) is 5.56 Å². The van der Waals surface area contributed by atoms with Crippen molar-refractivity contribution in [2.45, 2.75) is 12.8 Å². The lowest BCUT2D eigenvalue weighted by atomic mass is 10.2. The minimum absolute atomic E-state index is 0.0374. The second-order valence-corrected chi connectivity index (χ2v) is 4.57. The molecule has 1 aromatic rings. The van der Waals surface area contributed by atoms with E-state index in [-0.39, 0.29) is 32.8 Å². The molecule has 6 nitrogen and oxygen atoms in total. The summed E-state index contributed by atoms with van der Waals surface area (Å²) in [5, 5.41) is 1.69. The molecule has 0 aliphatic carbocycles. The summed E-state index contributed by atoms with van der Waals surface area (Å²) in [6.07, 6.45) is -5.66. The molecule has 0 radical (unpaired) electrons. The van der Waals surface area contributed by atoms with Crippen molar-refractivity contribution in [2.75, 3.05) is 26.2 Å². The van der Waals surface area contributed by atoms with Crippen LogP contribution in [-0.2, 0) is 16.1 Å².